The van der Waals surface area contributed by atoms with Gasteiger partial charge in [0.15, 0.2) is 0 Å². The zero-order valence-electron chi connectivity index (χ0n) is 14.0. The summed E-state index contributed by atoms with van der Waals surface area (Å²) in [4.78, 5) is 12.5. The highest BCUT2D eigenvalue weighted by Crippen LogP contribution is 2.34. The van der Waals surface area contributed by atoms with Crippen LogP contribution in [0, 0.1) is 17.1 Å². The highest BCUT2D eigenvalue weighted by atomic mass is 32.2. The van der Waals surface area contributed by atoms with E-state index in [0.717, 1.165) is 23.9 Å². The highest BCUT2D eigenvalue weighted by molar-refractivity contribution is 7.99. The summed E-state index contributed by atoms with van der Waals surface area (Å²) in [5.74, 6) is -1.69. The Hall–Kier alpha value is -2.57. The van der Waals surface area contributed by atoms with Crippen molar-refractivity contribution >= 4 is 23.4 Å². The lowest BCUT2D eigenvalue weighted by molar-refractivity contribution is -0.137. The lowest BCUT2D eigenvalue weighted by atomic mass is 10.1. The monoisotopic (exact) mass is 398 g/mol. The summed E-state index contributed by atoms with van der Waals surface area (Å²) >= 11 is 0.897. The third kappa shape index (κ3) is 5.21. The molecule has 0 radical (unpaired) electrons. The van der Waals surface area contributed by atoms with Crippen molar-refractivity contribution in [3.05, 3.63) is 59.4 Å². The normalized spacial score (nSPS) is 13.5. The van der Waals surface area contributed by atoms with Gasteiger partial charge in [-0.2, -0.15) is 18.4 Å². The fraction of sp³-hybridized carbons (Fsp3) is 0.222. The quantitative estimate of drug-likeness (QED) is 0.585. The lowest BCUT2D eigenvalue weighted by Gasteiger charge is -2.22. The van der Waals surface area contributed by atoms with Crippen molar-refractivity contribution in [3.63, 3.8) is 0 Å². The number of rotatable bonds is 5. The second kappa shape index (κ2) is 7.98. The molecule has 2 aromatic rings. The van der Waals surface area contributed by atoms with Gasteiger partial charge >= 0.3 is 6.18 Å². The Bertz CT molecular complexity index is 892. The second-order valence-corrected chi connectivity index (χ2v) is 6.83. The third-order valence-corrected chi connectivity index (χ3v) is 4.89. The number of aliphatic hydroxyl groups is 1. The molecule has 0 aliphatic carbocycles. The predicted octanol–water partition coefficient (Wildman–Crippen LogP) is 4.20. The summed E-state index contributed by atoms with van der Waals surface area (Å²) in [7, 11) is 0. The van der Waals surface area contributed by atoms with Crippen LogP contribution in [0.5, 0.6) is 0 Å². The average Bonchev–Trinajstić information content (AvgIpc) is 2.60. The maximum absolute atomic E-state index is 13.6. The first kappa shape index (κ1) is 20.7. The first-order valence-corrected chi connectivity index (χ1v) is 8.55. The van der Waals surface area contributed by atoms with Gasteiger partial charge in [0.05, 0.1) is 17.2 Å². The number of nitriles is 1. The van der Waals surface area contributed by atoms with Crippen molar-refractivity contribution in [1.82, 2.24) is 0 Å². The fourth-order valence-corrected chi connectivity index (χ4v) is 3.01. The standard InChI is InChI=1S/C18H14F4N2O2S/c1-17(26,10-27-15-5-3-2-4-14(15)19)16(25)24-12-7-6-11(9-23)13(8-12)18(20,21)22/h2-8,26H,10H2,1H3,(H,24,25). The van der Waals surface area contributed by atoms with Crippen LogP contribution in [0.25, 0.3) is 0 Å². The Balaban J connectivity index is 2.13. The number of anilines is 1. The Labute approximate surface area is 156 Å². The molecule has 0 bridgehead atoms. The molecule has 0 aliphatic heterocycles. The molecular weight excluding hydrogens is 384 g/mol. The van der Waals surface area contributed by atoms with Crippen molar-refractivity contribution in [1.29, 1.82) is 5.26 Å². The van der Waals surface area contributed by atoms with E-state index in [2.05, 4.69) is 5.32 Å². The first-order chi connectivity index (χ1) is 12.5. The smallest absolute Gasteiger partial charge is 0.379 e. The van der Waals surface area contributed by atoms with Crippen molar-refractivity contribution < 1.29 is 27.5 Å². The number of benzene rings is 2. The van der Waals surface area contributed by atoms with Crippen LogP contribution in [0.2, 0.25) is 0 Å². The number of carbonyl (C=O) groups is 1. The largest absolute Gasteiger partial charge is 0.417 e. The molecule has 0 saturated carbocycles. The fourth-order valence-electron chi connectivity index (χ4n) is 2.07. The average molecular weight is 398 g/mol. The molecule has 0 fully saturated rings. The molecule has 142 valence electrons. The lowest BCUT2D eigenvalue weighted by Crippen LogP contribution is -2.42. The van der Waals surface area contributed by atoms with E-state index in [9.17, 15) is 27.5 Å². The molecular formula is C18H14F4N2O2S. The molecule has 0 aromatic heterocycles. The number of hydrogen-bond acceptors (Lipinski definition) is 4. The van der Waals surface area contributed by atoms with Crippen molar-refractivity contribution in [2.24, 2.45) is 0 Å². The van der Waals surface area contributed by atoms with Crippen molar-refractivity contribution in [2.75, 3.05) is 11.1 Å². The van der Waals surface area contributed by atoms with Crippen LogP contribution < -0.4 is 5.32 Å². The molecule has 0 heterocycles. The Kier molecular flexibility index (Phi) is 6.13. The van der Waals surface area contributed by atoms with Crippen LogP contribution in [0.1, 0.15) is 18.1 Å². The molecule has 1 atom stereocenters. The van der Waals surface area contributed by atoms with Gasteiger partial charge in [-0.25, -0.2) is 4.39 Å². The van der Waals surface area contributed by atoms with Gasteiger partial charge in [-0.15, -0.1) is 11.8 Å². The Morgan fingerprint density at radius 1 is 1.26 bits per heavy atom. The van der Waals surface area contributed by atoms with E-state index < -0.39 is 34.6 Å². The number of thioether (sulfide) groups is 1. The number of nitrogens with zero attached hydrogens (tertiary/aromatic N) is 1. The van der Waals surface area contributed by atoms with Crippen LogP contribution >= 0.6 is 11.8 Å². The Morgan fingerprint density at radius 3 is 2.52 bits per heavy atom. The minimum atomic E-state index is -4.77. The van der Waals surface area contributed by atoms with Gasteiger partial charge in [-0.05, 0) is 37.3 Å². The van der Waals surface area contributed by atoms with Gasteiger partial charge in [-0.3, -0.25) is 4.79 Å². The van der Waals surface area contributed by atoms with Crippen LogP contribution in [0.15, 0.2) is 47.4 Å². The SMILES string of the molecule is CC(O)(CSc1ccccc1F)C(=O)Nc1ccc(C#N)c(C(F)(F)F)c1. The summed E-state index contributed by atoms with van der Waals surface area (Å²) < 4.78 is 52.5. The molecule has 2 rings (SSSR count). The molecule has 4 nitrogen and oxygen atoms in total. The van der Waals surface area contributed by atoms with Gasteiger partial charge in [0.25, 0.3) is 5.91 Å². The number of hydrogen-bond donors (Lipinski definition) is 2. The number of carbonyl (C=O) groups excluding carboxylic acids is 1. The van der Waals surface area contributed by atoms with Crippen LogP contribution in [-0.4, -0.2) is 22.4 Å². The molecule has 1 amide bonds. The molecule has 9 heteroatoms. The summed E-state index contributed by atoms with van der Waals surface area (Å²) in [6, 6.07) is 9.91. The molecule has 1 unspecified atom stereocenters. The van der Waals surface area contributed by atoms with Gasteiger partial charge in [0.1, 0.15) is 11.4 Å². The second-order valence-electron chi connectivity index (χ2n) is 5.82. The van der Waals surface area contributed by atoms with E-state index in [0.29, 0.717) is 6.07 Å². The zero-order chi connectivity index (χ0) is 20.2. The molecule has 2 N–H and O–H groups in total. The van der Waals surface area contributed by atoms with Gasteiger partial charge in [0.2, 0.25) is 0 Å². The summed E-state index contributed by atoms with van der Waals surface area (Å²) in [6.45, 7) is 1.17. The molecule has 2 aromatic carbocycles. The maximum atomic E-state index is 13.6. The van der Waals surface area contributed by atoms with Crippen LogP contribution in [0.3, 0.4) is 0 Å². The van der Waals surface area contributed by atoms with E-state index in [-0.39, 0.29) is 16.3 Å². The topological polar surface area (TPSA) is 73.1 Å². The van der Waals surface area contributed by atoms with E-state index >= 15 is 0 Å². The Morgan fingerprint density at radius 2 is 1.93 bits per heavy atom. The number of halogens is 4. The molecule has 0 aliphatic rings. The zero-order valence-corrected chi connectivity index (χ0v) is 14.8. The van der Waals surface area contributed by atoms with Gasteiger partial charge < -0.3 is 10.4 Å². The van der Waals surface area contributed by atoms with Crippen LogP contribution in [0.4, 0.5) is 23.2 Å². The van der Waals surface area contributed by atoms with E-state index in [4.69, 9.17) is 5.26 Å². The van der Waals surface area contributed by atoms with Gasteiger partial charge in [0, 0.05) is 16.3 Å². The van der Waals surface area contributed by atoms with E-state index in [1.54, 1.807) is 6.07 Å². The summed E-state index contributed by atoms with van der Waals surface area (Å²) in [6.07, 6.45) is -4.77. The van der Waals surface area contributed by atoms with E-state index in [1.165, 1.54) is 31.2 Å². The predicted molar refractivity (Wildman–Crippen MR) is 92.5 cm³/mol. The van der Waals surface area contributed by atoms with Crippen molar-refractivity contribution in [3.8, 4) is 6.07 Å². The highest BCUT2D eigenvalue weighted by Gasteiger charge is 2.35. The number of amides is 1. The summed E-state index contributed by atoms with van der Waals surface area (Å²) in [5, 5.41) is 21.3. The molecule has 0 saturated heterocycles. The number of alkyl halides is 3. The van der Waals surface area contributed by atoms with Gasteiger partial charge in [-0.1, -0.05) is 12.1 Å². The first-order valence-electron chi connectivity index (χ1n) is 7.57. The summed E-state index contributed by atoms with van der Waals surface area (Å²) in [5.41, 5.74) is -3.97. The minimum Gasteiger partial charge on any atom is -0.379 e. The number of nitrogens with one attached hydrogen (secondary N) is 1. The third-order valence-electron chi connectivity index (χ3n) is 3.54. The minimum absolute atomic E-state index is 0.220. The van der Waals surface area contributed by atoms with Crippen molar-refractivity contribution in [2.45, 2.75) is 23.6 Å². The van der Waals surface area contributed by atoms with E-state index in [1.807, 2.05) is 0 Å². The molecule has 27 heavy (non-hydrogen) atoms. The van der Waals surface area contributed by atoms with Crippen LogP contribution in [-0.2, 0) is 11.0 Å². The molecule has 0 spiro atoms. The maximum Gasteiger partial charge on any atom is 0.417 e.